The number of aliphatic imine (C=N–C) groups is 1. The Kier molecular flexibility index (Phi) is 23.2. The van der Waals surface area contributed by atoms with Crippen molar-refractivity contribution in [3.63, 3.8) is 0 Å². The molecule has 4 aromatic rings. The van der Waals surface area contributed by atoms with E-state index >= 15 is 0 Å². The first-order valence-electron chi connectivity index (χ1n) is 19.7. The molecule has 0 amide bonds. The molecule has 0 aromatic heterocycles. The van der Waals surface area contributed by atoms with Crippen molar-refractivity contribution in [1.82, 2.24) is 0 Å². The second kappa shape index (κ2) is 25.4. The summed E-state index contributed by atoms with van der Waals surface area (Å²) in [5.41, 5.74) is 13.0. The smallest absolute Gasteiger partial charge is 0.122 e. The molecule has 0 radical (unpaired) electrons. The fraction of sp³-hybridized carbons (Fsp3) is 0.449. The Bertz CT molecular complexity index is 1660. The van der Waals surface area contributed by atoms with Crippen molar-refractivity contribution < 1.29 is 61.9 Å². The molecule has 6 heteroatoms. The third-order valence-electron chi connectivity index (χ3n) is 9.39. The summed E-state index contributed by atoms with van der Waals surface area (Å²) in [6.07, 6.45) is 4.60. The van der Waals surface area contributed by atoms with Gasteiger partial charge < -0.3 is 20.3 Å². The Morgan fingerprint density at radius 3 is 1.22 bits per heavy atom. The van der Waals surface area contributed by atoms with Gasteiger partial charge in [0.25, 0.3) is 0 Å². The van der Waals surface area contributed by atoms with Crippen molar-refractivity contribution >= 4 is 17.1 Å². The molecule has 4 aromatic carbocycles. The van der Waals surface area contributed by atoms with E-state index in [4.69, 9.17) is 15.0 Å². The van der Waals surface area contributed by atoms with Crippen LogP contribution >= 0.6 is 0 Å². The van der Waals surface area contributed by atoms with Crippen molar-refractivity contribution in [1.29, 1.82) is 0 Å². The Labute approximate surface area is 373 Å². The average molecular weight is 907 g/mol. The van der Waals surface area contributed by atoms with Crippen molar-refractivity contribution in [3.8, 4) is 11.5 Å². The summed E-state index contributed by atoms with van der Waals surface area (Å²) in [6.45, 7) is 31.2. The summed E-state index contributed by atoms with van der Waals surface area (Å²) in [6, 6.07) is 24.5. The van der Waals surface area contributed by atoms with Gasteiger partial charge in [-0.2, -0.15) is 5.70 Å². The number of benzene rings is 4. The van der Waals surface area contributed by atoms with Gasteiger partial charge in [-0.05, 0) is 105 Å². The fourth-order valence-electron chi connectivity index (χ4n) is 6.22. The predicted molar refractivity (Wildman–Crippen MR) is 234 cm³/mol. The monoisotopic (exact) mass is 907 g/mol. The van der Waals surface area contributed by atoms with Crippen LogP contribution in [0.4, 0.5) is 11.4 Å². The van der Waals surface area contributed by atoms with Crippen LogP contribution in [0.3, 0.4) is 0 Å². The second-order valence-corrected chi connectivity index (χ2v) is 15.6. The quantitative estimate of drug-likeness (QED) is 0.173. The molecule has 1 aliphatic rings. The number of nitrogens with zero attached hydrogens (tertiary/aromatic N) is 2. The van der Waals surface area contributed by atoms with Crippen LogP contribution in [0.5, 0.6) is 11.5 Å². The Hall–Kier alpha value is -2.83. The van der Waals surface area contributed by atoms with Crippen LogP contribution in [0.2, 0.25) is 0 Å². The first-order chi connectivity index (χ1) is 25.5. The van der Waals surface area contributed by atoms with Gasteiger partial charge >= 0.3 is 0 Å². The van der Waals surface area contributed by atoms with Gasteiger partial charge in [0.05, 0.1) is 5.69 Å². The standard InChI is InChI=1S/C21H25N2.2C12H18O.C4H8O.Yb/c1-14-9-7-10-15(2)20(14)22-18(5)13-19(6)23-21-16(3)11-8-12-17(21)4;2*1-8(2)10-6-5-7-11(9(3)4)12(10)13;1-2-4-5-3-1;/h7-13H,1-6H3;2*5-9,13H,1-4H3;1-4H2;/q-1;;;;/b18-13-,23-19?;;;;. The summed E-state index contributed by atoms with van der Waals surface area (Å²) in [5.74, 6) is 2.51. The summed E-state index contributed by atoms with van der Waals surface area (Å²) >= 11 is 0. The van der Waals surface area contributed by atoms with Crippen LogP contribution < -0.4 is 0 Å². The molecule has 5 rings (SSSR count). The molecule has 1 heterocycles. The third-order valence-corrected chi connectivity index (χ3v) is 9.39. The molecule has 55 heavy (non-hydrogen) atoms. The number of allylic oxidation sites excluding steroid dienone is 2. The summed E-state index contributed by atoms with van der Waals surface area (Å²) in [7, 11) is 0. The van der Waals surface area contributed by atoms with Crippen LogP contribution in [0.1, 0.15) is 150 Å². The van der Waals surface area contributed by atoms with Crippen molar-refractivity contribution in [2.45, 2.75) is 133 Å². The maximum absolute atomic E-state index is 9.93. The van der Waals surface area contributed by atoms with Gasteiger partial charge in [0, 0.05) is 65.8 Å². The van der Waals surface area contributed by atoms with Crippen molar-refractivity contribution in [3.05, 3.63) is 134 Å². The van der Waals surface area contributed by atoms with E-state index in [1.807, 2.05) is 56.3 Å². The van der Waals surface area contributed by atoms with Crippen molar-refractivity contribution in [2.24, 2.45) is 4.99 Å². The van der Waals surface area contributed by atoms with Gasteiger partial charge in [-0.3, -0.25) is 4.99 Å². The van der Waals surface area contributed by atoms with E-state index in [2.05, 4.69) is 119 Å². The molecule has 1 fully saturated rings. The number of aromatic hydroxyl groups is 2. The zero-order chi connectivity index (χ0) is 40.5. The molecule has 0 saturated carbocycles. The predicted octanol–water partition coefficient (Wildman–Crippen LogP) is 14.7. The molecule has 1 saturated heterocycles. The van der Waals surface area contributed by atoms with E-state index in [0.29, 0.717) is 35.2 Å². The van der Waals surface area contributed by atoms with Gasteiger partial charge in [-0.15, -0.1) is 5.69 Å². The molecular weight excluding hydrogens is 838 g/mol. The van der Waals surface area contributed by atoms with Gasteiger partial charge in [0.15, 0.2) is 0 Å². The van der Waals surface area contributed by atoms with Crippen molar-refractivity contribution in [2.75, 3.05) is 13.2 Å². The minimum Gasteiger partial charge on any atom is -0.661 e. The molecule has 1 aliphatic heterocycles. The van der Waals surface area contributed by atoms with Crippen LogP contribution in [-0.4, -0.2) is 29.1 Å². The Morgan fingerprint density at radius 1 is 0.582 bits per heavy atom. The SMILES string of the molecule is C1CCOC1.CC(/C=C(/C)[N-]c1c(C)cccc1C)=Nc1c(C)cccc1C.CC(C)c1cccc(C(C)C)c1O.CC(C)c1cccc(C(C)C)c1O.[Yb]. The minimum absolute atomic E-state index is 0. The summed E-state index contributed by atoms with van der Waals surface area (Å²) < 4.78 is 4.94. The van der Waals surface area contributed by atoms with Gasteiger partial charge in [0.2, 0.25) is 0 Å². The van der Waals surface area contributed by atoms with E-state index < -0.39 is 0 Å². The van der Waals surface area contributed by atoms with E-state index in [9.17, 15) is 10.2 Å². The first kappa shape index (κ1) is 50.2. The van der Waals surface area contributed by atoms with E-state index in [-0.39, 0.29) is 46.9 Å². The molecule has 2 N–H and O–H groups in total. The number of phenolic OH excluding ortho intramolecular Hbond substituents is 2. The molecule has 5 nitrogen and oxygen atoms in total. The first-order valence-corrected chi connectivity index (χ1v) is 19.7. The molecule has 0 atom stereocenters. The Balaban J connectivity index is 0.000000404. The Morgan fingerprint density at radius 2 is 0.909 bits per heavy atom. The van der Waals surface area contributed by atoms with Crippen LogP contribution in [0.25, 0.3) is 5.32 Å². The van der Waals surface area contributed by atoms with Crippen LogP contribution in [0, 0.1) is 74.6 Å². The average Bonchev–Trinajstić information content (AvgIpc) is 3.69. The maximum atomic E-state index is 9.93. The number of hydrogen-bond donors (Lipinski definition) is 2. The normalized spacial score (nSPS) is 12.7. The van der Waals surface area contributed by atoms with Gasteiger partial charge in [-0.25, -0.2) is 0 Å². The van der Waals surface area contributed by atoms with Gasteiger partial charge in [0.1, 0.15) is 11.5 Å². The zero-order valence-corrected chi connectivity index (χ0v) is 37.8. The van der Waals surface area contributed by atoms with Crippen LogP contribution in [-0.2, 0) is 4.74 Å². The summed E-state index contributed by atoms with van der Waals surface area (Å²) in [5, 5.41) is 24.6. The fourth-order valence-corrected chi connectivity index (χ4v) is 6.22. The molecule has 0 aliphatic carbocycles. The molecule has 0 unspecified atom stereocenters. The molecule has 308 valence electrons. The molecule has 0 bridgehead atoms. The molecule has 0 spiro atoms. The van der Waals surface area contributed by atoms with Gasteiger partial charge in [-0.1, -0.05) is 152 Å². The largest absolute Gasteiger partial charge is 0.661 e. The molecular formula is C49H69N2O3Yb-. The second-order valence-electron chi connectivity index (χ2n) is 15.6. The number of ether oxygens (including phenoxy) is 1. The number of hydrogen-bond acceptors (Lipinski definition) is 4. The minimum atomic E-state index is 0. The van der Waals surface area contributed by atoms with Crippen LogP contribution in [0.15, 0.2) is 89.6 Å². The van der Waals surface area contributed by atoms with E-state index in [0.717, 1.165) is 58.3 Å². The summed E-state index contributed by atoms with van der Waals surface area (Å²) in [4.78, 5) is 4.76. The number of phenols is 2. The number of rotatable bonds is 8. The van der Waals surface area contributed by atoms with E-state index in [1.54, 1.807) is 0 Å². The number of aryl methyl sites for hydroxylation is 4. The topological polar surface area (TPSA) is 76.2 Å². The zero-order valence-electron chi connectivity index (χ0n) is 36.1. The third kappa shape index (κ3) is 16.7. The van der Waals surface area contributed by atoms with E-state index in [1.165, 1.54) is 35.1 Å². The maximum Gasteiger partial charge on any atom is 0.122 e. The number of para-hydroxylation sites is 4.